The lowest BCUT2D eigenvalue weighted by molar-refractivity contribution is -0.120. The molecule has 0 spiro atoms. The van der Waals surface area contributed by atoms with Crippen LogP contribution in [0.1, 0.15) is 53.4 Å². The quantitative estimate of drug-likeness (QED) is 0.688. The van der Waals surface area contributed by atoms with Gasteiger partial charge in [0, 0.05) is 13.0 Å². The highest BCUT2D eigenvalue weighted by atomic mass is 16.1. The molecular weight excluding hydrogens is 174 g/mol. The van der Waals surface area contributed by atoms with Gasteiger partial charge in [-0.2, -0.15) is 0 Å². The van der Waals surface area contributed by atoms with Crippen LogP contribution in [0.2, 0.25) is 0 Å². The summed E-state index contributed by atoms with van der Waals surface area (Å²) in [5, 5.41) is 3.10. The fourth-order valence-corrected chi connectivity index (χ4v) is 2.60. The molecule has 0 aliphatic heterocycles. The summed E-state index contributed by atoms with van der Waals surface area (Å²) in [6.45, 7) is 8.45. The van der Waals surface area contributed by atoms with Crippen molar-refractivity contribution in [3.8, 4) is 0 Å². The maximum atomic E-state index is 11.1. The molecule has 2 nitrogen and oxygen atoms in total. The first kappa shape index (κ1) is 11.5. The van der Waals surface area contributed by atoms with E-state index >= 15 is 0 Å². The van der Waals surface area contributed by atoms with Gasteiger partial charge in [-0.05, 0) is 24.2 Å². The number of carbonyl (C=O) groups is 1. The highest BCUT2D eigenvalue weighted by Gasteiger charge is 2.34. The number of nitrogens with one attached hydrogen (secondary N) is 1. The van der Waals surface area contributed by atoms with Crippen molar-refractivity contribution < 1.29 is 4.79 Å². The van der Waals surface area contributed by atoms with Crippen molar-refractivity contribution >= 4 is 5.91 Å². The fourth-order valence-electron chi connectivity index (χ4n) is 2.60. The molecule has 1 amide bonds. The Bertz CT molecular complexity index is 205. The lowest BCUT2D eigenvalue weighted by Crippen LogP contribution is -2.45. The van der Waals surface area contributed by atoms with Gasteiger partial charge in [0.2, 0.25) is 5.91 Å². The molecular formula is C12H23NO. The Morgan fingerprint density at radius 3 is 2.29 bits per heavy atom. The molecule has 1 fully saturated rings. The van der Waals surface area contributed by atoms with Crippen molar-refractivity contribution in [3.63, 3.8) is 0 Å². The van der Waals surface area contributed by atoms with E-state index < -0.39 is 0 Å². The second kappa shape index (κ2) is 4.33. The van der Waals surface area contributed by atoms with Crippen molar-refractivity contribution in [2.45, 2.75) is 59.4 Å². The van der Waals surface area contributed by atoms with Crippen LogP contribution in [0.15, 0.2) is 0 Å². The molecule has 1 N–H and O–H groups in total. The predicted octanol–water partition coefficient (Wildman–Crippen LogP) is 2.73. The van der Waals surface area contributed by atoms with Crippen molar-refractivity contribution in [3.05, 3.63) is 0 Å². The van der Waals surface area contributed by atoms with Crippen LogP contribution in [0.25, 0.3) is 0 Å². The molecule has 2 heteroatoms. The van der Waals surface area contributed by atoms with E-state index in [0.717, 1.165) is 6.42 Å². The summed E-state index contributed by atoms with van der Waals surface area (Å²) in [6.07, 6.45) is 4.99. The van der Waals surface area contributed by atoms with Crippen LogP contribution in [0.5, 0.6) is 0 Å². The van der Waals surface area contributed by atoms with Crippen LogP contribution in [0.4, 0.5) is 0 Å². The minimum atomic E-state index is 0.117. The van der Waals surface area contributed by atoms with Gasteiger partial charge in [0.15, 0.2) is 0 Å². The third-order valence-corrected chi connectivity index (χ3v) is 3.27. The number of carbonyl (C=O) groups excluding carboxylic acids is 1. The van der Waals surface area contributed by atoms with E-state index in [9.17, 15) is 4.79 Å². The first-order valence-electron chi connectivity index (χ1n) is 5.68. The van der Waals surface area contributed by atoms with Crippen molar-refractivity contribution in [2.75, 3.05) is 0 Å². The molecule has 14 heavy (non-hydrogen) atoms. The Morgan fingerprint density at radius 1 is 1.21 bits per heavy atom. The van der Waals surface area contributed by atoms with Crippen molar-refractivity contribution in [1.82, 2.24) is 5.32 Å². The van der Waals surface area contributed by atoms with Crippen LogP contribution < -0.4 is 5.32 Å². The van der Waals surface area contributed by atoms with Gasteiger partial charge in [0.1, 0.15) is 0 Å². The third kappa shape index (κ3) is 3.00. The summed E-state index contributed by atoms with van der Waals surface area (Å²) in [7, 11) is 0. The Morgan fingerprint density at radius 2 is 1.79 bits per heavy atom. The molecule has 0 bridgehead atoms. The molecule has 0 heterocycles. The Balaban J connectivity index is 2.64. The van der Waals surface area contributed by atoms with E-state index in [-0.39, 0.29) is 5.91 Å². The molecule has 0 aromatic heterocycles. The van der Waals surface area contributed by atoms with Gasteiger partial charge < -0.3 is 5.32 Å². The topological polar surface area (TPSA) is 29.1 Å². The van der Waals surface area contributed by atoms with Crippen LogP contribution in [0.3, 0.4) is 0 Å². The zero-order valence-electron chi connectivity index (χ0n) is 9.89. The summed E-state index contributed by atoms with van der Waals surface area (Å²) in [6, 6.07) is 0.404. The third-order valence-electron chi connectivity index (χ3n) is 3.27. The highest BCUT2D eigenvalue weighted by Crippen LogP contribution is 2.37. The lowest BCUT2D eigenvalue weighted by Gasteiger charge is -2.40. The molecule has 2 unspecified atom stereocenters. The largest absolute Gasteiger partial charge is 0.353 e. The monoisotopic (exact) mass is 197 g/mol. The van der Waals surface area contributed by atoms with E-state index in [1.807, 2.05) is 0 Å². The van der Waals surface area contributed by atoms with Gasteiger partial charge in [0.25, 0.3) is 0 Å². The number of hydrogen-bond donors (Lipinski definition) is 1. The summed E-state index contributed by atoms with van der Waals surface area (Å²) >= 11 is 0. The smallest absolute Gasteiger partial charge is 0.217 e. The van der Waals surface area contributed by atoms with Crippen molar-refractivity contribution in [2.24, 2.45) is 11.3 Å². The highest BCUT2D eigenvalue weighted by molar-refractivity contribution is 5.73. The minimum absolute atomic E-state index is 0.117. The molecule has 82 valence electrons. The molecule has 1 aliphatic rings. The molecule has 0 aromatic carbocycles. The van der Waals surface area contributed by atoms with Crippen LogP contribution in [0, 0.1) is 11.3 Å². The van der Waals surface area contributed by atoms with E-state index in [4.69, 9.17) is 0 Å². The van der Waals surface area contributed by atoms with Crippen molar-refractivity contribution in [1.29, 1.82) is 0 Å². The molecule has 0 aromatic rings. The second-order valence-electron chi connectivity index (χ2n) is 5.56. The number of rotatable bonds is 1. The maximum Gasteiger partial charge on any atom is 0.217 e. The summed E-state index contributed by atoms with van der Waals surface area (Å²) < 4.78 is 0. The van der Waals surface area contributed by atoms with Gasteiger partial charge in [-0.1, -0.05) is 33.6 Å². The van der Waals surface area contributed by atoms with Crippen LogP contribution in [-0.4, -0.2) is 11.9 Å². The van der Waals surface area contributed by atoms with Crippen LogP contribution in [-0.2, 0) is 4.79 Å². The SMILES string of the molecule is CC(=O)NC1CCCCC1C(C)(C)C. The van der Waals surface area contributed by atoms with Gasteiger partial charge >= 0.3 is 0 Å². The average molecular weight is 197 g/mol. The molecule has 1 aliphatic carbocycles. The zero-order chi connectivity index (χ0) is 10.8. The maximum absolute atomic E-state index is 11.1. The Labute approximate surface area is 87.5 Å². The van der Waals surface area contributed by atoms with Gasteiger partial charge in [0.05, 0.1) is 0 Å². The van der Waals surface area contributed by atoms with E-state index in [1.54, 1.807) is 6.92 Å². The summed E-state index contributed by atoms with van der Waals surface area (Å²) in [5.41, 5.74) is 0.313. The zero-order valence-corrected chi connectivity index (χ0v) is 9.89. The van der Waals surface area contributed by atoms with E-state index in [0.29, 0.717) is 17.4 Å². The first-order valence-corrected chi connectivity index (χ1v) is 5.68. The predicted molar refractivity (Wildman–Crippen MR) is 59.0 cm³/mol. The van der Waals surface area contributed by atoms with Gasteiger partial charge in [-0.15, -0.1) is 0 Å². The Kier molecular flexibility index (Phi) is 3.57. The molecule has 1 saturated carbocycles. The first-order chi connectivity index (χ1) is 6.41. The summed E-state index contributed by atoms with van der Waals surface area (Å²) in [5.74, 6) is 0.756. The number of hydrogen-bond acceptors (Lipinski definition) is 1. The molecule has 0 radical (unpaired) electrons. The van der Waals surface area contributed by atoms with E-state index in [1.165, 1.54) is 19.3 Å². The molecule has 1 rings (SSSR count). The molecule has 2 atom stereocenters. The molecule has 0 saturated heterocycles. The van der Waals surface area contributed by atoms with Gasteiger partial charge in [-0.3, -0.25) is 4.79 Å². The number of amides is 1. The normalized spacial score (nSPS) is 28.6. The summed E-state index contributed by atoms with van der Waals surface area (Å²) in [4.78, 5) is 11.1. The average Bonchev–Trinajstić information content (AvgIpc) is 2.01. The lowest BCUT2D eigenvalue weighted by atomic mass is 9.69. The van der Waals surface area contributed by atoms with E-state index in [2.05, 4.69) is 26.1 Å². The van der Waals surface area contributed by atoms with Crippen LogP contribution >= 0.6 is 0 Å². The second-order valence-corrected chi connectivity index (χ2v) is 5.56. The fraction of sp³-hybridized carbons (Fsp3) is 0.917. The Hall–Kier alpha value is -0.530. The standard InChI is InChI=1S/C12H23NO/c1-9(14)13-11-8-6-5-7-10(11)12(2,3)4/h10-11H,5-8H2,1-4H3,(H,13,14). The van der Waals surface area contributed by atoms with Gasteiger partial charge in [-0.25, -0.2) is 0 Å². The minimum Gasteiger partial charge on any atom is -0.353 e.